The predicted molar refractivity (Wildman–Crippen MR) is 93.5 cm³/mol. The Morgan fingerprint density at radius 3 is 2.09 bits per heavy atom. The van der Waals surface area contributed by atoms with Crippen molar-refractivity contribution in [3.8, 4) is 0 Å². The Balaban J connectivity index is 2.87. The second-order valence-electron chi connectivity index (χ2n) is 6.23. The lowest BCUT2D eigenvalue weighted by Crippen LogP contribution is -2.39. The van der Waals surface area contributed by atoms with E-state index < -0.39 is 10.0 Å². The Labute approximate surface area is 139 Å². The smallest absolute Gasteiger partial charge is 0.244 e. The quantitative estimate of drug-likeness (QED) is 0.811. The van der Waals surface area contributed by atoms with Crippen molar-refractivity contribution in [1.29, 1.82) is 0 Å². The van der Waals surface area contributed by atoms with Crippen LogP contribution in [-0.4, -0.2) is 37.3 Å². The summed E-state index contributed by atoms with van der Waals surface area (Å²) in [7, 11) is -3.44. The maximum atomic E-state index is 12.4. The second-order valence-corrected chi connectivity index (χ2v) is 8.17. The first-order valence-electron chi connectivity index (χ1n) is 7.70. The number of nitrogens with one attached hydrogen (secondary N) is 1. The molecule has 128 valence electrons. The fraction of sp³-hybridized carbons (Fsp3) is 0.471. The van der Waals surface area contributed by atoms with E-state index in [0.29, 0.717) is 13.1 Å². The number of benzene rings is 1. The minimum absolute atomic E-state index is 0.183. The summed E-state index contributed by atoms with van der Waals surface area (Å²) in [5, 5.41) is 2.83. The van der Waals surface area contributed by atoms with Gasteiger partial charge in [0.15, 0.2) is 0 Å². The third-order valence-corrected chi connectivity index (χ3v) is 5.21. The van der Waals surface area contributed by atoms with Crippen LogP contribution in [0, 0.1) is 0 Å². The van der Waals surface area contributed by atoms with Gasteiger partial charge < -0.3 is 5.32 Å². The molecule has 5 nitrogen and oxygen atoms in total. The van der Waals surface area contributed by atoms with Crippen molar-refractivity contribution in [2.24, 2.45) is 0 Å². The van der Waals surface area contributed by atoms with Gasteiger partial charge in [0, 0.05) is 24.7 Å². The standard InChI is InChI=1S/C17H26N2O3S/c1-6-19(7-2)23(21,22)15-11-8-14(9-12-15)10-13-16(20)18-17(3,4)5/h8-13H,6-7H2,1-5H3,(H,18,20)/b13-10+. The largest absolute Gasteiger partial charge is 0.348 e. The molecule has 1 N–H and O–H groups in total. The summed E-state index contributed by atoms with van der Waals surface area (Å²) in [5.41, 5.74) is 0.482. The van der Waals surface area contributed by atoms with Gasteiger partial charge in [0.25, 0.3) is 0 Å². The van der Waals surface area contributed by atoms with Crippen molar-refractivity contribution in [2.45, 2.75) is 45.1 Å². The summed E-state index contributed by atoms with van der Waals surface area (Å²) < 4.78 is 26.2. The fourth-order valence-electron chi connectivity index (χ4n) is 2.05. The molecular formula is C17H26N2O3S. The highest BCUT2D eigenvalue weighted by atomic mass is 32.2. The summed E-state index contributed by atoms with van der Waals surface area (Å²) >= 11 is 0. The SMILES string of the molecule is CCN(CC)S(=O)(=O)c1ccc(/C=C/C(=O)NC(C)(C)C)cc1. The number of nitrogens with zero attached hydrogens (tertiary/aromatic N) is 1. The average Bonchev–Trinajstić information content (AvgIpc) is 2.45. The molecule has 0 saturated heterocycles. The number of sulfonamides is 1. The molecule has 0 heterocycles. The van der Waals surface area contributed by atoms with Crippen LogP contribution in [0.15, 0.2) is 35.2 Å². The highest BCUT2D eigenvalue weighted by Crippen LogP contribution is 2.16. The first kappa shape index (κ1) is 19.4. The highest BCUT2D eigenvalue weighted by Gasteiger charge is 2.20. The Morgan fingerprint density at radius 2 is 1.65 bits per heavy atom. The van der Waals surface area contributed by atoms with Crippen molar-refractivity contribution in [3.63, 3.8) is 0 Å². The molecule has 0 bridgehead atoms. The Kier molecular flexibility index (Phi) is 6.53. The molecule has 1 aromatic rings. The van der Waals surface area contributed by atoms with E-state index in [4.69, 9.17) is 0 Å². The van der Waals surface area contributed by atoms with Crippen molar-refractivity contribution in [3.05, 3.63) is 35.9 Å². The van der Waals surface area contributed by atoms with Crippen LogP contribution in [0.2, 0.25) is 0 Å². The van der Waals surface area contributed by atoms with Crippen LogP contribution in [0.1, 0.15) is 40.2 Å². The van der Waals surface area contributed by atoms with Gasteiger partial charge in [0.1, 0.15) is 0 Å². The number of hydrogen-bond donors (Lipinski definition) is 1. The summed E-state index contributed by atoms with van der Waals surface area (Å²) in [6.07, 6.45) is 3.11. The zero-order valence-electron chi connectivity index (χ0n) is 14.5. The van der Waals surface area contributed by atoms with E-state index in [1.165, 1.54) is 10.4 Å². The first-order chi connectivity index (χ1) is 10.6. The molecule has 1 amide bonds. The third-order valence-electron chi connectivity index (χ3n) is 3.15. The molecule has 0 aromatic heterocycles. The average molecular weight is 338 g/mol. The van der Waals surface area contributed by atoms with Gasteiger partial charge in [-0.1, -0.05) is 26.0 Å². The molecule has 0 aliphatic rings. The molecule has 0 saturated carbocycles. The number of hydrogen-bond acceptors (Lipinski definition) is 3. The molecule has 1 rings (SSSR count). The molecule has 0 unspecified atom stereocenters. The molecule has 0 radical (unpaired) electrons. The minimum Gasteiger partial charge on any atom is -0.348 e. The minimum atomic E-state index is -3.44. The first-order valence-corrected chi connectivity index (χ1v) is 9.14. The number of amides is 1. The summed E-state index contributed by atoms with van der Waals surface area (Å²) in [5.74, 6) is -0.183. The third kappa shape index (κ3) is 5.80. The summed E-state index contributed by atoms with van der Waals surface area (Å²) in [6, 6.07) is 6.51. The van der Waals surface area contributed by atoms with Crippen LogP contribution in [0.3, 0.4) is 0 Å². The van der Waals surface area contributed by atoms with Gasteiger partial charge >= 0.3 is 0 Å². The molecule has 6 heteroatoms. The van der Waals surface area contributed by atoms with Crippen LogP contribution in [0.5, 0.6) is 0 Å². The fourth-order valence-corrected chi connectivity index (χ4v) is 3.50. The van der Waals surface area contributed by atoms with Crippen LogP contribution < -0.4 is 5.32 Å². The van der Waals surface area contributed by atoms with Crippen LogP contribution in [0.25, 0.3) is 6.08 Å². The lowest BCUT2D eigenvalue weighted by atomic mass is 10.1. The zero-order valence-corrected chi connectivity index (χ0v) is 15.3. The topological polar surface area (TPSA) is 66.5 Å². The van der Waals surface area contributed by atoms with Crippen molar-refractivity contribution < 1.29 is 13.2 Å². The molecule has 0 spiro atoms. The maximum absolute atomic E-state index is 12.4. The Morgan fingerprint density at radius 1 is 1.13 bits per heavy atom. The second kappa shape index (κ2) is 7.75. The van der Waals surface area contributed by atoms with Gasteiger partial charge in [0.05, 0.1) is 4.90 Å². The Hall–Kier alpha value is -1.66. The Bertz CT molecular complexity index is 652. The van der Waals surface area contributed by atoms with Crippen LogP contribution in [-0.2, 0) is 14.8 Å². The molecular weight excluding hydrogens is 312 g/mol. The van der Waals surface area contributed by atoms with Gasteiger partial charge in [-0.15, -0.1) is 0 Å². The van der Waals surface area contributed by atoms with E-state index in [9.17, 15) is 13.2 Å². The molecule has 1 aromatic carbocycles. The molecule has 23 heavy (non-hydrogen) atoms. The highest BCUT2D eigenvalue weighted by molar-refractivity contribution is 7.89. The van der Waals surface area contributed by atoms with E-state index >= 15 is 0 Å². The van der Waals surface area contributed by atoms with Gasteiger partial charge in [-0.2, -0.15) is 4.31 Å². The predicted octanol–water partition coefficient (Wildman–Crippen LogP) is 2.65. The van der Waals surface area contributed by atoms with Gasteiger partial charge in [-0.3, -0.25) is 4.79 Å². The van der Waals surface area contributed by atoms with E-state index in [-0.39, 0.29) is 16.3 Å². The molecule has 0 aliphatic carbocycles. The number of carbonyl (C=O) groups is 1. The lowest BCUT2D eigenvalue weighted by Gasteiger charge is -2.19. The summed E-state index contributed by atoms with van der Waals surface area (Å²) in [4.78, 5) is 12.0. The lowest BCUT2D eigenvalue weighted by molar-refractivity contribution is -0.117. The van der Waals surface area contributed by atoms with Gasteiger partial charge in [-0.25, -0.2) is 8.42 Å². The van der Waals surface area contributed by atoms with Gasteiger partial charge in [-0.05, 0) is 44.5 Å². The van der Waals surface area contributed by atoms with E-state index in [0.717, 1.165) is 5.56 Å². The van der Waals surface area contributed by atoms with Crippen molar-refractivity contribution >= 4 is 22.0 Å². The molecule has 0 aliphatic heterocycles. The molecule has 0 atom stereocenters. The van der Waals surface area contributed by atoms with E-state index in [1.54, 1.807) is 30.3 Å². The van der Waals surface area contributed by atoms with E-state index in [1.807, 2.05) is 34.6 Å². The van der Waals surface area contributed by atoms with Crippen molar-refractivity contribution in [2.75, 3.05) is 13.1 Å². The van der Waals surface area contributed by atoms with Crippen molar-refractivity contribution in [1.82, 2.24) is 9.62 Å². The number of rotatable bonds is 6. The van der Waals surface area contributed by atoms with E-state index in [2.05, 4.69) is 5.32 Å². The van der Waals surface area contributed by atoms with Crippen LogP contribution in [0.4, 0.5) is 0 Å². The zero-order chi connectivity index (χ0) is 17.7. The summed E-state index contributed by atoms with van der Waals surface area (Å²) in [6.45, 7) is 10.2. The van der Waals surface area contributed by atoms with Crippen LogP contribution >= 0.6 is 0 Å². The normalized spacial score (nSPS) is 12.8. The maximum Gasteiger partial charge on any atom is 0.244 e. The van der Waals surface area contributed by atoms with Gasteiger partial charge in [0.2, 0.25) is 15.9 Å². The monoisotopic (exact) mass is 338 g/mol. The molecule has 0 fully saturated rings. The number of carbonyl (C=O) groups excluding carboxylic acids is 1.